The van der Waals surface area contributed by atoms with Gasteiger partial charge in [-0.25, -0.2) is 4.79 Å². The van der Waals surface area contributed by atoms with Gasteiger partial charge in [0.15, 0.2) is 0 Å². The van der Waals surface area contributed by atoms with Crippen LogP contribution in [0.3, 0.4) is 0 Å². The fourth-order valence-corrected chi connectivity index (χ4v) is 2.38. The lowest BCUT2D eigenvalue weighted by Gasteiger charge is -2.37. The Balaban J connectivity index is 3.01. The number of amides is 1. The molecule has 0 radical (unpaired) electrons. The lowest BCUT2D eigenvalue weighted by Crippen LogP contribution is -2.54. The Kier molecular flexibility index (Phi) is 5.23. The zero-order chi connectivity index (χ0) is 16.4. The first kappa shape index (κ1) is 17.7. The van der Waals surface area contributed by atoms with Gasteiger partial charge in [-0.15, -0.1) is 13.2 Å². The molecule has 1 rings (SSSR count). The first-order chi connectivity index (χ1) is 9.53. The molecule has 1 fully saturated rings. The molecule has 0 aliphatic carbocycles. The number of hydrogen-bond donors (Lipinski definition) is 1. The Morgan fingerprint density at radius 1 is 1.43 bits per heavy atom. The Morgan fingerprint density at radius 3 is 2.38 bits per heavy atom. The molecule has 2 atom stereocenters. The van der Waals surface area contributed by atoms with Crippen LogP contribution in [0, 0.1) is 5.92 Å². The summed E-state index contributed by atoms with van der Waals surface area (Å²) in [7, 11) is 0. The van der Waals surface area contributed by atoms with Crippen LogP contribution in [0.1, 0.15) is 34.6 Å². The van der Waals surface area contributed by atoms with E-state index in [0.29, 0.717) is 0 Å². The van der Waals surface area contributed by atoms with E-state index in [1.807, 2.05) is 0 Å². The van der Waals surface area contributed by atoms with Gasteiger partial charge in [0.2, 0.25) is 0 Å². The molecule has 0 bridgehead atoms. The van der Waals surface area contributed by atoms with Crippen molar-refractivity contribution in [2.24, 2.45) is 5.92 Å². The summed E-state index contributed by atoms with van der Waals surface area (Å²) in [6, 6.07) is -0.504. The molecule has 21 heavy (non-hydrogen) atoms. The molecule has 1 amide bonds. The molecule has 0 aromatic rings. The second-order valence-corrected chi connectivity index (χ2v) is 6.71. The van der Waals surface area contributed by atoms with Gasteiger partial charge in [-0.05, 0) is 34.6 Å². The summed E-state index contributed by atoms with van der Waals surface area (Å²) in [6.45, 7) is 16.6. The molecule has 0 unspecified atom stereocenters. The molecule has 1 saturated heterocycles. The minimum atomic E-state index is -0.839. The van der Waals surface area contributed by atoms with E-state index in [4.69, 9.17) is 9.47 Å². The fraction of sp³-hybridized carbons (Fsp3) is 0.688. The molecule has 1 aliphatic heterocycles. The number of ether oxygens (including phenoxy) is 2. The summed E-state index contributed by atoms with van der Waals surface area (Å²) in [5, 5.41) is 10.5. The van der Waals surface area contributed by atoms with Gasteiger partial charge in [0.1, 0.15) is 11.3 Å². The zero-order valence-corrected chi connectivity index (χ0v) is 13.6. The van der Waals surface area contributed by atoms with Gasteiger partial charge in [0, 0.05) is 5.92 Å². The van der Waals surface area contributed by atoms with Crippen molar-refractivity contribution in [1.82, 2.24) is 4.90 Å². The third kappa shape index (κ3) is 4.08. The van der Waals surface area contributed by atoms with E-state index in [1.165, 1.54) is 4.90 Å². The van der Waals surface area contributed by atoms with Crippen molar-refractivity contribution in [3.8, 4) is 0 Å². The first-order valence-corrected chi connectivity index (χ1v) is 7.13. The highest BCUT2D eigenvalue weighted by Gasteiger charge is 2.49. The minimum Gasteiger partial charge on any atom is -0.444 e. The molecular weight excluding hydrogens is 270 g/mol. The summed E-state index contributed by atoms with van der Waals surface area (Å²) in [5.41, 5.74) is -1.44. The van der Waals surface area contributed by atoms with Crippen LogP contribution >= 0.6 is 0 Å². The van der Waals surface area contributed by atoms with Crippen molar-refractivity contribution in [3.63, 3.8) is 0 Å². The van der Waals surface area contributed by atoms with E-state index in [9.17, 15) is 9.90 Å². The van der Waals surface area contributed by atoms with Crippen LogP contribution in [0.25, 0.3) is 0 Å². The van der Waals surface area contributed by atoms with Crippen molar-refractivity contribution in [2.75, 3.05) is 6.61 Å². The van der Waals surface area contributed by atoms with Crippen molar-refractivity contribution in [1.29, 1.82) is 0 Å². The molecule has 120 valence electrons. The van der Waals surface area contributed by atoms with Crippen molar-refractivity contribution >= 4 is 6.09 Å². The molecule has 0 saturated carbocycles. The molecule has 1 N–H and O–H groups in total. The topological polar surface area (TPSA) is 59.0 Å². The largest absolute Gasteiger partial charge is 0.444 e. The molecule has 1 aliphatic rings. The van der Waals surface area contributed by atoms with Gasteiger partial charge in [-0.2, -0.15) is 0 Å². The maximum absolute atomic E-state index is 12.5. The summed E-state index contributed by atoms with van der Waals surface area (Å²) < 4.78 is 11.1. The highest BCUT2D eigenvalue weighted by atomic mass is 16.6. The van der Waals surface area contributed by atoms with Crippen LogP contribution in [-0.4, -0.2) is 46.2 Å². The number of carbonyl (C=O) groups excluding carboxylic acids is 1. The third-order valence-corrected chi connectivity index (χ3v) is 3.44. The van der Waals surface area contributed by atoms with Crippen LogP contribution in [-0.2, 0) is 9.47 Å². The highest BCUT2D eigenvalue weighted by molar-refractivity contribution is 5.70. The quantitative estimate of drug-likeness (QED) is 0.811. The van der Waals surface area contributed by atoms with E-state index in [2.05, 4.69) is 13.2 Å². The molecule has 5 heteroatoms. The Bertz CT molecular complexity index is 403. The molecular formula is C16H27NO4. The standard InChI is InChI=1S/C16H27NO4/c1-8-11(9-2)13(18)12-10-20-16(6,7)17(12)14(19)21-15(3,4)5/h8-9,11-13,18H,1-2,10H2,3-7H3/t12-,13-/m0/s1. The maximum Gasteiger partial charge on any atom is 0.412 e. The summed E-state index contributed by atoms with van der Waals surface area (Å²) >= 11 is 0. The van der Waals surface area contributed by atoms with E-state index in [-0.39, 0.29) is 12.5 Å². The minimum absolute atomic E-state index is 0.242. The monoisotopic (exact) mass is 297 g/mol. The smallest absolute Gasteiger partial charge is 0.412 e. The van der Waals surface area contributed by atoms with Gasteiger partial charge in [0.25, 0.3) is 0 Å². The van der Waals surface area contributed by atoms with E-state index in [0.717, 1.165) is 0 Å². The number of hydrogen-bond acceptors (Lipinski definition) is 4. The van der Waals surface area contributed by atoms with Gasteiger partial charge >= 0.3 is 6.09 Å². The SMILES string of the molecule is C=CC(C=C)[C@H](O)[C@@H]1COC(C)(C)N1C(=O)OC(C)(C)C. The van der Waals surface area contributed by atoms with Gasteiger partial charge in [0.05, 0.1) is 18.8 Å². The van der Waals surface area contributed by atoms with E-state index in [1.54, 1.807) is 46.8 Å². The van der Waals surface area contributed by atoms with Crippen LogP contribution in [0.15, 0.2) is 25.3 Å². The number of carbonyl (C=O) groups is 1. The third-order valence-electron chi connectivity index (χ3n) is 3.44. The Labute approximate surface area is 127 Å². The summed E-state index contributed by atoms with van der Waals surface area (Å²) in [4.78, 5) is 13.9. The number of aliphatic hydroxyl groups is 1. The molecule has 1 heterocycles. The predicted octanol–water partition coefficient (Wildman–Crippen LogP) is 2.71. The fourth-order valence-electron chi connectivity index (χ4n) is 2.38. The van der Waals surface area contributed by atoms with Crippen molar-refractivity contribution in [3.05, 3.63) is 25.3 Å². The predicted molar refractivity (Wildman–Crippen MR) is 81.8 cm³/mol. The Hall–Kier alpha value is -1.33. The van der Waals surface area contributed by atoms with Gasteiger partial charge in [-0.3, -0.25) is 4.90 Å². The second kappa shape index (κ2) is 6.20. The second-order valence-electron chi connectivity index (χ2n) is 6.71. The van der Waals surface area contributed by atoms with Crippen molar-refractivity contribution < 1.29 is 19.4 Å². The maximum atomic E-state index is 12.5. The molecule has 0 aromatic carbocycles. The highest BCUT2D eigenvalue weighted by Crippen LogP contribution is 2.32. The number of rotatable bonds is 4. The zero-order valence-electron chi connectivity index (χ0n) is 13.6. The average molecular weight is 297 g/mol. The van der Waals surface area contributed by atoms with Crippen LogP contribution in [0.5, 0.6) is 0 Å². The Morgan fingerprint density at radius 2 is 1.95 bits per heavy atom. The summed E-state index contributed by atoms with van der Waals surface area (Å²) in [5.74, 6) is -0.322. The van der Waals surface area contributed by atoms with E-state index >= 15 is 0 Å². The van der Waals surface area contributed by atoms with Gasteiger partial charge < -0.3 is 14.6 Å². The van der Waals surface area contributed by atoms with Crippen molar-refractivity contribution in [2.45, 2.75) is 58.1 Å². The molecule has 5 nitrogen and oxygen atoms in total. The number of aliphatic hydroxyl groups excluding tert-OH is 1. The summed E-state index contributed by atoms with van der Waals surface area (Å²) in [6.07, 6.45) is 1.88. The van der Waals surface area contributed by atoms with Crippen LogP contribution < -0.4 is 0 Å². The van der Waals surface area contributed by atoms with Gasteiger partial charge in [-0.1, -0.05) is 12.2 Å². The first-order valence-electron chi connectivity index (χ1n) is 7.13. The molecule has 0 aromatic heterocycles. The van der Waals surface area contributed by atoms with Crippen LogP contribution in [0.2, 0.25) is 0 Å². The number of nitrogens with zero attached hydrogens (tertiary/aromatic N) is 1. The van der Waals surface area contributed by atoms with E-state index < -0.39 is 29.6 Å². The normalized spacial score (nSPS) is 23.0. The average Bonchev–Trinajstić information content (AvgIpc) is 2.64. The lowest BCUT2D eigenvalue weighted by atomic mass is 9.95. The molecule has 0 spiro atoms. The lowest BCUT2D eigenvalue weighted by molar-refractivity contribution is -0.0687. The van der Waals surface area contributed by atoms with Crippen LogP contribution in [0.4, 0.5) is 4.79 Å².